The molecule has 0 spiro atoms. The van der Waals surface area contributed by atoms with E-state index >= 15 is 0 Å². The molecule has 4 nitrogen and oxygen atoms in total. The van der Waals surface area contributed by atoms with E-state index in [1.54, 1.807) is 17.5 Å². The summed E-state index contributed by atoms with van der Waals surface area (Å²) in [4.78, 5) is 25.8. The molecule has 0 unspecified atom stereocenters. The molecule has 1 N–H and O–H groups in total. The van der Waals surface area contributed by atoms with Crippen molar-refractivity contribution in [2.24, 2.45) is 0 Å². The Morgan fingerprint density at radius 3 is 2.70 bits per heavy atom. The van der Waals surface area contributed by atoms with Gasteiger partial charge in [0.05, 0.1) is 5.39 Å². The fraction of sp³-hybridized carbons (Fsp3) is 0.222. The standard InChI is InChI=1S/C18H18N2O2S/c1-11-4-5-15(12(2)8-11)19-17(21)10-20-7-6-16-14(18(20)22)9-13(3)23-16/h4-9H,10H2,1-3H3,(H,19,21). The van der Waals surface area contributed by atoms with Crippen LogP contribution < -0.4 is 10.9 Å². The van der Waals surface area contributed by atoms with Gasteiger partial charge in [-0.1, -0.05) is 17.7 Å². The van der Waals surface area contributed by atoms with Gasteiger partial charge in [-0.2, -0.15) is 0 Å². The van der Waals surface area contributed by atoms with E-state index < -0.39 is 0 Å². The summed E-state index contributed by atoms with van der Waals surface area (Å²) in [5, 5.41) is 3.55. The third kappa shape index (κ3) is 3.19. The largest absolute Gasteiger partial charge is 0.324 e. The van der Waals surface area contributed by atoms with Crippen LogP contribution in [0.2, 0.25) is 0 Å². The molecule has 2 aromatic heterocycles. The van der Waals surface area contributed by atoms with Gasteiger partial charge in [-0.05, 0) is 44.5 Å². The van der Waals surface area contributed by atoms with Gasteiger partial charge in [-0.3, -0.25) is 9.59 Å². The lowest BCUT2D eigenvalue weighted by Gasteiger charge is -2.10. The Morgan fingerprint density at radius 2 is 1.96 bits per heavy atom. The fourth-order valence-corrected chi connectivity index (χ4v) is 3.53. The number of fused-ring (bicyclic) bond motifs is 1. The monoisotopic (exact) mass is 326 g/mol. The SMILES string of the molecule is Cc1ccc(NC(=O)Cn2ccc3sc(C)cc3c2=O)c(C)c1. The first kappa shape index (κ1) is 15.5. The van der Waals surface area contributed by atoms with Crippen LogP contribution in [0.1, 0.15) is 16.0 Å². The van der Waals surface area contributed by atoms with E-state index in [2.05, 4.69) is 5.32 Å². The van der Waals surface area contributed by atoms with E-state index in [9.17, 15) is 9.59 Å². The Bertz CT molecular complexity index is 953. The normalized spacial score (nSPS) is 10.9. The number of aryl methyl sites for hydroxylation is 3. The molecular formula is C18H18N2O2S. The van der Waals surface area contributed by atoms with E-state index in [1.165, 1.54) is 4.57 Å². The highest BCUT2D eigenvalue weighted by Gasteiger charge is 2.10. The van der Waals surface area contributed by atoms with Crippen LogP contribution in [0.3, 0.4) is 0 Å². The van der Waals surface area contributed by atoms with Crippen molar-refractivity contribution in [3.8, 4) is 0 Å². The Kier molecular flexibility index (Phi) is 4.05. The smallest absolute Gasteiger partial charge is 0.259 e. The minimum atomic E-state index is -0.203. The molecule has 0 aliphatic heterocycles. The molecule has 3 rings (SSSR count). The summed E-state index contributed by atoms with van der Waals surface area (Å²) in [6, 6.07) is 9.62. The van der Waals surface area contributed by atoms with E-state index in [0.29, 0.717) is 5.39 Å². The van der Waals surface area contributed by atoms with Gasteiger partial charge >= 0.3 is 0 Å². The van der Waals surface area contributed by atoms with Crippen molar-refractivity contribution < 1.29 is 4.79 Å². The number of carbonyl (C=O) groups is 1. The number of nitrogens with zero attached hydrogens (tertiary/aromatic N) is 1. The number of amides is 1. The number of hydrogen-bond donors (Lipinski definition) is 1. The maximum Gasteiger partial charge on any atom is 0.259 e. The van der Waals surface area contributed by atoms with Crippen molar-refractivity contribution in [3.05, 3.63) is 62.9 Å². The highest BCUT2D eigenvalue weighted by atomic mass is 32.1. The molecule has 0 fully saturated rings. The molecule has 1 aromatic carbocycles. The zero-order chi connectivity index (χ0) is 16.6. The van der Waals surface area contributed by atoms with E-state index in [-0.39, 0.29) is 18.0 Å². The molecule has 0 saturated heterocycles. The number of aromatic nitrogens is 1. The minimum absolute atomic E-state index is 0.0109. The summed E-state index contributed by atoms with van der Waals surface area (Å²) in [7, 11) is 0. The molecule has 0 atom stereocenters. The summed E-state index contributed by atoms with van der Waals surface area (Å²) in [6.45, 7) is 5.95. The average molecular weight is 326 g/mol. The maximum absolute atomic E-state index is 12.4. The summed E-state index contributed by atoms with van der Waals surface area (Å²) in [5.74, 6) is -0.203. The number of benzene rings is 1. The van der Waals surface area contributed by atoms with Gasteiger partial charge in [0, 0.05) is 21.5 Å². The van der Waals surface area contributed by atoms with Crippen LogP contribution in [0.5, 0.6) is 0 Å². The Labute approximate surface area is 138 Å². The molecular weight excluding hydrogens is 308 g/mol. The van der Waals surface area contributed by atoms with Crippen molar-refractivity contribution in [1.82, 2.24) is 4.57 Å². The predicted octanol–water partition coefficient (Wildman–Crippen LogP) is 3.63. The van der Waals surface area contributed by atoms with Gasteiger partial charge in [0.15, 0.2) is 0 Å². The minimum Gasteiger partial charge on any atom is -0.324 e. The number of nitrogens with one attached hydrogen (secondary N) is 1. The second-order valence-electron chi connectivity index (χ2n) is 5.75. The van der Waals surface area contributed by atoms with Gasteiger partial charge in [0.25, 0.3) is 5.56 Å². The van der Waals surface area contributed by atoms with Gasteiger partial charge < -0.3 is 9.88 Å². The molecule has 0 bridgehead atoms. The van der Waals surface area contributed by atoms with Crippen molar-refractivity contribution in [1.29, 1.82) is 0 Å². The fourth-order valence-electron chi connectivity index (χ4n) is 2.63. The summed E-state index contributed by atoms with van der Waals surface area (Å²) < 4.78 is 2.41. The van der Waals surface area contributed by atoms with Gasteiger partial charge in [0.1, 0.15) is 6.54 Å². The molecule has 5 heteroatoms. The maximum atomic E-state index is 12.4. The Balaban J connectivity index is 1.82. The van der Waals surface area contributed by atoms with Crippen LogP contribution in [-0.2, 0) is 11.3 Å². The zero-order valence-corrected chi connectivity index (χ0v) is 14.2. The molecule has 0 radical (unpaired) electrons. The van der Waals surface area contributed by atoms with Crippen molar-refractivity contribution in [3.63, 3.8) is 0 Å². The highest BCUT2D eigenvalue weighted by Crippen LogP contribution is 2.21. The van der Waals surface area contributed by atoms with E-state index in [4.69, 9.17) is 0 Å². The number of hydrogen-bond acceptors (Lipinski definition) is 3. The zero-order valence-electron chi connectivity index (χ0n) is 13.3. The Morgan fingerprint density at radius 1 is 1.17 bits per heavy atom. The van der Waals surface area contributed by atoms with Crippen molar-refractivity contribution in [2.45, 2.75) is 27.3 Å². The number of anilines is 1. The van der Waals surface area contributed by atoms with Crippen LogP contribution in [-0.4, -0.2) is 10.5 Å². The third-order valence-corrected chi connectivity index (χ3v) is 4.77. The molecule has 0 aliphatic rings. The molecule has 3 aromatic rings. The van der Waals surface area contributed by atoms with Gasteiger partial charge in [-0.15, -0.1) is 11.3 Å². The first-order chi connectivity index (χ1) is 10.9. The number of pyridine rings is 1. The molecule has 1 amide bonds. The second-order valence-corrected chi connectivity index (χ2v) is 7.04. The lowest BCUT2D eigenvalue weighted by Crippen LogP contribution is -2.27. The number of thiophene rings is 1. The molecule has 2 heterocycles. The van der Waals surface area contributed by atoms with Crippen molar-refractivity contribution >= 4 is 33.0 Å². The van der Waals surface area contributed by atoms with E-state index in [0.717, 1.165) is 26.4 Å². The number of rotatable bonds is 3. The molecule has 0 aliphatic carbocycles. The van der Waals surface area contributed by atoms with Crippen LogP contribution in [0.25, 0.3) is 10.1 Å². The van der Waals surface area contributed by atoms with Crippen molar-refractivity contribution in [2.75, 3.05) is 5.32 Å². The highest BCUT2D eigenvalue weighted by molar-refractivity contribution is 7.18. The lowest BCUT2D eigenvalue weighted by atomic mass is 10.1. The van der Waals surface area contributed by atoms with E-state index in [1.807, 2.05) is 51.1 Å². The first-order valence-electron chi connectivity index (χ1n) is 7.41. The first-order valence-corrected chi connectivity index (χ1v) is 8.22. The number of carbonyl (C=O) groups excluding carboxylic acids is 1. The Hall–Kier alpha value is -2.40. The molecule has 118 valence electrons. The van der Waals surface area contributed by atoms with Crippen LogP contribution >= 0.6 is 11.3 Å². The lowest BCUT2D eigenvalue weighted by molar-refractivity contribution is -0.116. The third-order valence-electron chi connectivity index (χ3n) is 3.75. The predicted molar refractivity (Wildman–Crippen MR) is 95.4 cm³/mol. The summed E-state index contributed by atoms with van der Waals surface area (Å²) in [5.41, 5.74) is 2.81. The summed E-state index contributed by atoms with van der Waals surface area (Å²) in [6.07, 6.45) is 1.68. The quantitative estimate of drug-likeness (QED) is 0.799. The topological polar surface area (TPSA) is 51.1 Å². The van der Waals surface area contributed by atoms with Crippen LogP contribution in [0, 0.1) is 20.8 Å². The molecule has 23 heavy (non-hydrogen) atoms. The second kappa shape index (κ2) is 6.01. The molecule has 0 saturated carbocycles. The van der Waals surface area contributed by atoms with Gasteiger partial charge in [-0.25, -0.2) is 0 Å². The van der Waals surface area contributed by atoms with Gasteiger partial charge in [0.2, 0.25) is 5.91 Å². The average Bonchev–Trinajstić information content (AvgIpc) is 2.87. The van der Waals surface area contributed by atoms with Crippen LogP contribution in [0.4, 0.5) is 5.69 Å². The summed E-state index contributed by atoms with van der Waals surface area (Å²) >= 11 is 1.59. The van der Waals surface area contributed by atoms with Crippen LogP contribution in [0.15, 0.2) is 41.3 Å².